The van der Waals surface area contributed by atoms with Crippen molar-refractivity contribution in [2.24, 2.45) is 5.92 Å². The molecule has 3 rings (SSSR count). The number of hydrogen-bond acceptors (Lipinski definition) is 3. The summed E-state index contributed by atoms with van der Waals surface area (Å²) < 4.78 is 46.6. The highest BCUT2D eigenvalue weighted by atomic mass is 35.5. The molecule has 30 heavy (non-hydrogen) atoms. The van der Waals surface area contributed by atoms with E-state index in [2.05, 4.69) is 4.90 Å². The average molecular weight is 447 g/mol. The van der Waals surface area contributed by atoms with Crippen LogP contribution in [0.5, 0.6) is 0 Å². The Morgan fingerprint density at radius 1 is 1.20 bits per heavy atom. The van der Waals surface area contributed by atoms with Crippen molar-refractivity contribution in [2.45, 2.75) is 77.1 Å². The second-order valence-corrected chi connectivity index (χ2v) is 10.1. The van der Waals surface area contributed by atoms with Crippen molar-refractivity contribution in [3.63, 3.8) is 0 Å². The van der Waals surface area contributed by atoms with E-state index < -0.39 is 17.3 Å². The lowest BCUT2D eigenvalue weighted by atomic mass is 9.73. The maximum Gasteiger partial charge on any atom is 0.410 e. The molecule has 2 aliphatic rings. The van der Waals surface area contributed by atoms with Gasteiger partial charge in [0.15, 0.2) is 0 Å². The molecule has 1 amide bonds. The van der Waals surface area contributed by atoms with Crippen LogP contribution in [-0.2, 0) is 4.74 Å². The van der Waals surface area contributed by atoms with Crippen molar-refractivity contribution in [1.29, 1.82) is 0 Å². The average Bonchev–Trinajstić information content (AvgIpc) is 2.57. The predicted molar refractivity (Wildman–Crippen MR) is 110 cm³/mol. The van der Waals surface area contributed by atoms with Crippen LogP contribution in [0.15, 0.2) is 18.2 Å². The number of rotatable bonds is 3. The predicted octanol–water partition coefficient (Wildman–Crippen LogP) is 5.90. The molecule has 1 aromatic carbocycles. The second-order valence-electron chi connectivity index (χ2n) is 9.67. The maximum atomic E-state index is 13.7. The number of carbonyl (C=O) groups excluding carboxylic acids is 1. The Balaban J connectivity index is 1.84. The minimum atomic E-state index is -2.67. The number of piperazine rings is 1. The SMILES string of the molecule is C[C@@H]1CN(C(=O)OC(C)(C)C)[C@@H](C)CN1C(c1ccc(F)c(Cl)c1)C1CC(F)(F)C1. The van der Waals surface area contributed by atoms with Crippen LogP contribution in [0.1, 0.15) is 59.1 Å². The van der Waals surface area contributed by atoms with Crippen molar-refractivity contribution in [3.05, 3.63) is 34.6 Å². The summed E-state index contributed by atoms with van der Waals surface area (Å²) in [4.78, 5) is 16.5. The van der Waals surface area contributed by atoms with Gasteiger partial charge in [0.1, 0.15) is 11.4 Å². The Morgan fingerprint density at radius 2 is 1.83 bits per heavy atom. The Hall–Kier alpha value is -1.47. The lowest BCUT2D eigenvalue weighted by molar-refractivity contribution is -0.141. The molecular formula is C22H30ClF3N2O2. The van der Waals surface area contributed by atoms with Crippen LogP contribution in [0.3, 0.4) is 0 Å². The zero-order valence-corrected chi connectivity index (χ0v) is 18.8. The molecule has 3 atom stereocenters. The maximum absolute atomic E-state index is 13.7. The Morgan fingerprint density at radius 3 is 2.37 bits per heavy atom. The highest BCUT2D eigenvalue weighted by Crippen LogP contribution is 2.51. The van der Waals surface area contributed by atoms with Crippen LogP contribution in [0.4, 0.5) is 18.0 Å². The van der Waals surface area contributed by atoms with Crippen molar-refractivity contribution >= 4 is 17.7 Å². The summed E-state index contributed by atoms with van der Waals surface area (Å²) in [6.45, 7) is 10.3. The van der Waals surface area contributed by atoms with Gasteiger partial charge in [-0.15, -0.1) is 0 Å². The standard InChI is InChI=1S/C22H30ClF3N2O2/c1-13-12-28(20(29)30-21(3,4)5)14(2)11-27(13)19(16-9-22(25,26)10-16)15-6-7-18(24)17(23)8-15/h6-8,13-14,16,19H,9-12H2,1-5H3/t13-,14+,19?/m1/s1. The first-order chi connectivity index (χ1) is 13.8. The van der Waals surface area contributed by atoms with E-state index in [-0.39, 0.29) is 48.0 Å². The van der Waals surface area contributed by atoms with Crippen LogP contribution in [-0.4, -0.2) is 52.6 Å². The molecule has 1 saturated carbocycles. The van der Waals surface area contributed by atoms with Crippen molar-refractivity contribution in [3.8, 4) is 0 Å². The van der Waals surface area contributed by atoms with Crippen molar-refractivity contribution in [1.82, 2.24) is 9.80 Å². The van der Waals surface area contributed by atoms with Gasteiger partial charge in [-0.05, 0) is 58.2 Å². The largest absolute Gasteiger partial charge is 0.444 e. The van der Waals surface area contributed by atoms with E-state index in [1.165, 1.54) is 12.1 Å². The molecule has 168 valence electrons. The van der Waals surface area contributed by atoms with E-state index in [1.807, 2.05) is 34.6 Å². The highest BCUT2D eigenvalue weighted by molar-refractivity contribution is 6.30. The molecule has 0 bridgehead atoms. The first-order valence-corrected chi connectivity index (χ1v) is 10.7. The number of hydrogen-bond donors (Lipinski definition) is 0. The molecule has 4 nitrogen and oxygen atoms in total. The number of halogens is 4. The highest BCUT2D eigenvalue weighted by Gasteiger charge is 2.51. The van der Waals surface area contributed by atoms with Crippen LogP contribution in [0, 0.1) is 11.7 Å². The molecule has 0 N–H and O–H groups in total. The van der Waals surface area contributed by atoms with Crippen LogP contribution < -0.4 is 0 Å². The molecule has 1 unspecified atom stereocenters. The van der Waals surface area contributed by atoms with Crippen LogP contribution in [0.25, 0.3) is 0 Å². The van der Waals surface area contributed by atoms with E-state index in [1.54, 1.807) is 11.0 Å². The molecule has 8 heteroatoms. The van der Waals surface area contributed by atoms with Gasteiger partial charge in [0.2, 0.25) is 5.92 Å². The number of amides is 1. The van der Waals surface area contributed by atoms with E-state index in [4.69, 9.17) is 16.3 Å². The number of nitrogens with zero attached hydrogens (tertiary/aromatic N) is 2. The number of ether oxygens (including phenoxy) is 1. The van der Waals surface area contributed by atoms with Gasteiger partial charge in [0, 0.05) is 44.1 Å². The van der Waals surface area contributed by atoms with Gasteiger partial charge in [0.05, 0.1) is 5.02 Å². The summed E-state index contributed by atoms with van der Waals surface area (Å²) in [5, 5.41) is -0.0170. The fourth-order valence-electron chi connectivity index (χ4n) is 4.48. The normalized spacial score (nSPS) is 26.2. The Labute approximate surface area is 181 Å². The monoisotopic (exact) mass is 446 g/mol. The van der Waals surface area contributed by atoms with E-state index in [9.17, 15) is 18.0 Å². The molecule has 1 aliphatic heterocycles. The van der Waals surface area contributed by atoms with Gasteiger partial charge in [-0.2, -0.15) is 0 Å². The third kappa shape index (κ3) is 5.05. The van der Waals surface area contributed by atoms with Crippen molar-refractivity contribution < 1.29 is 22.7 Å². The first kappa shape index (κ1) is 23.2. The molecule has 0 aromatic heterocycles. The Kier molecular flexibility index (Phi) is 6.36. The fraction of sp³-hybridized carbons (Fsp3) is 0.682. The number of carbonyl (C=O) groups is 1. The second kappa shape index (κ2) is 8.23. The summed E-state index contributed by atoms with van der Waals surface area (Å²) in [6, 6.07) is 3.88. The lowest BCUT2D eigenvalue weighted by Crippen LogP contribution is -2.61. The van der Waals surface area contributed by atoms with E-state index in [0.717, 1.165) is 5.56 Å². The topological polar surface area (TPSA) is 32.8 Å². The summed E-state index contributed by atoms with van der Waals surface area (Å²) in [5.74, 6) is -3.46. The summed E-state index contributed by atoms with van der Waals surface area (Å²) in [6.07, 6.45) is -0.793. The molecule has 1 heterocycles. The van der Waals surface area contributed by atoms with E-state index >= 15 is 0 Å². The molecule has 1 saturated heterocycles. The van der Waals surface area contributed by atoms with E-state index in [0.29, 0.717) is 13.1 Å². The van der Waals surface area contributed by atoms with Gasteiger partial charge >= 0.3 is 6.09 Å². The Bertz CT molecular complexity index is 791. The zero-order valence-electron chi connectivity index (χ0n) is 18.1. The van der Waals surface area contributed by atoms with Gasteiger partial charge in [-0.3, -0.25) is 4.90 Å². The minimum absolute atomic E-state index is 0.0170. The fourth-order valence-corrected chi connectivity index (χ4v) is 4.67. The van der Waals surface area contributed by atoms with Crippen molar-refractivity contribution in [2.75, 3.05) is 13.1 Å². The minimum Gasteiger partial charge on any atom is -0.444 e. The summed E-state index contributed by atoms with van der Waals surface area (Å²) >= 11 is 6.00. The lowest BCUT2D eigenvalue weighted by Gasteiger charge is -2.52. The van der Waals surface area contributed by atoms with Gasteiger partial charge in [0.25, 0.3) is 0 Å². The molecule has 0 spiro atoms. The van der Waals surface area contributed by atoms with Gasteiger partial charge < -0.3 is 9.64 Å². The molecule has 1 aromatic rings. The van der Waals surface area contributed by atoms with Gasteiger partial charge in [-0.25, -0.2) is 18.0 Å². The third-order valence-electron chi connectivity index (χ3n) is 5.87. The van der Waals surface area contributed by atoms with Crippen LogP contribution >= 0.6 is 11.6 Å². The van der Waals surface area contributed by atoms with Crippen LogP contribution in [0.2, 0.25) is 5.02 Å². The summed E-state index contributed by atoms with van der Waals surface area (Å²) in [5.41, 5.74) is 0.133. The number of benzene rings is 1. The quantitative estimate of drug-likeness (QED) is 0.580. The molecule has 0 radical (unpaired) electrons. The summed E-state index contributed by atoms with van der Waals surface area (Å²) in [7, 11) is 0. The molecule has 1 aliphatic carbocycles. The van der Waals surface area contributed by atoms with Gasteiger partial charge in [-0.1, -0.05) is 17.7 Å². The first-order valence-electron chi connectivity index (χ1n) is 10.4. The third-order valence-corrected chi connectivity index (χ3v) is 6.16. The molecule has 2 fully saturated rings. The molecular weight excluding hydrogens is 417 g/mol. The smallest absolute Gasteiger partial charge is 0.410 e. The zero-order chi connectivity index (χ0) is 22.4. The number of alkyl halides is 2.